The van der Waals surface area contributed by atoms with Crippen LogP contribution in [0, 0.1) is 0 Å². The van der Waals surface area contributed by atoms with Crippen LogP contribution in [0.4, 0.5) is 0 Å². The molecule has 0 radical (unpaired) electrons. The van der Waals surface area contributed by atoms with Crippen LogP contribution in [0.15, 0.2) is 48.9 Å². The van der Waals surface area contributed by atoms with E-state index in [2.05, 4.69) is 27.0 Å². The molecule has 0 bridgehead atoms. The van der Waals surface area contributed by atoms with Crippen molar-refractivity contribution in [3.63, 3.8) is 0 Å². The molecule has 2 aliphatic heterocycles. The molecular formula is C19H23N3O2. The van der Waals surface area contributed by atoms with Crippen LogP contribution >= 0.6 is 0 Å². The summed E-state index contributed by atoms with van der Waals surface area (Å²) >= 11 is 0. The Balaban J connectivity index is 1.27. The van der Waals surface area contributed by atoms with E-state index in [1.807, 2.05) is 30.6 Å². The van der Waals surface area contributed by atoms with Gasteiger partial charge in [-0.3, -0.25) is 14.9 Å². The normalized spacial score (nSPS) is 23.1. The number of likely N-dealkylation sites (tertiary alicyclic amines) is 1. The molecular weight excluding hydrogens is 302 g/mol. The maximum absolute atomic E-state index is 6.10. The Morgan fingerprint density at radius 2 is 2.17 bits per heavy atom. The zero-order valence-electron chi connectivity index (χ0n) is 13.8. The van der Waals surface area contributed by atoms with Gasteiger partial charge in [-0.25, -0.2) is 0 Å². The molecule has 2 aromatic rings. The van der Waals surface area contributed by atoms with Crippen molar-refractivity contribution in [1.29, 1.82) is 0 Å². The van der Waals surface area contributed by atoms with Crippen molar-refractivity contribution < 1.29 is 9.47 Å². The van der Waals surface area contributed by atoms with Gasteiger partial charge in [0.2, 0.25) is 0 Å². The topological polar surface area (TPSA) is 47.5 Å². The molecule has 2 aliphatic rings. The number of hydrogen-bond donors (Lipinski definition) is 0. The van der Waals surface area contributed by atoms with E-state index in [9.17, 15) is 0 Å². The summed E-state index contributed by atoms with van der Waals surface area (Å²) in [4.78, 5) is 10.9. The summed E-state index contributed by atoms with van der Waals surface area (Å²) in [7, 11) is 0. The van der Waals surface area contributed by atoms with Gasteiger partial charge in [0, 0.05) is 51.3 Å². The summed E-state index contributed by atoms with van der Waals surface area (Å²) in [6.45, 7) is 4.25. The van der Waals surface area contributed by atoms with Gasteiger partial charge in [0.25, 0.3) is 0 Å². The van der Waals surface area contributed by atoms with Crippen molar-refractivity contribution in [2.24, 2.45) is 0 Å². The zero-order valence-corrected chi connectivity index (χ0v) is 13.8. The van der Waals surface area contributed by atoms with E-state index >= 15 is 0 Å². The lowest BCUT2D eigenvalue weighted by Crippen LogP contribution is -2.65. The predicted molar refractivity (Wildman–Crippen MR) is 90.2 cm³/mol. The van der Waals surface area contributed by atoms with Crippen LogP contribution in [-0.4, -0.2) is 46.3 Å². The number of ether oxygens (including phenoxy) is 2. The smallest absolute Gasteiger partial charge is 0.0959 e. The first-order valence-electron chi connectivity index (χ1n) is 8.58. The first kappa shape index (κ1) is 15.7. The summed E-state index contributed by atoms with van der Waals surface area (Å²) in [6, 6.07) is 10.1. The Labute approximate surface area is 142 Å². The Morgan fingerprint density at radius 3 is 2.96 bits per heavy atom. The highest BCUT2D eigenvalue weighted by Crippen LogP contribution is 2.36. The molecule has 2 saturated heterocycles. The summed E-state index contributed by atoms with van der Waals surface area (Å²) in [5, 5.41) is 0. The molecule has 0 aliphatic carbocycles. The highest BCUT2D eigenvalue weighted by molar-refractivity contribution is 5.09. The molecule has 1 spiro atoms. The Morgan fingerprint density at radius 1 is 1.21 bits per heavy atom. The van der Waals surface area contributed by atoms with Gasteiger partial charge in [-0.05, 0) is 30.2 Å². The van der Waals surface area contributed by atoms with Gasteiger partial charge >= 0.3 is 0 Å². The minimum absolute atomic E-state index is 0.0212. The van der Waals surface area contributed by atoms with E-state index in [1.165, 1.54) is 0 Å². The molecule has 1 unspecified atom stereocenters. The number of pyridine rings is 2. The molecule has 5 nitrogen and oxygen atoms in total. The molecule has 2 fully saturated rings. The first-order valence-corrected chi connectivity index (χ1v) is 8.58. The lowest BCUT2D eigenvalue weighted by atomic mass is 9.84. The summed E-state index contributed by atoms with van der Waals surface area (Å²) < 4.78 is 12.2. The fraction of sp³-hybridized carbons (Fsp3) is 0.474. The van der Waals surface area contributed by atoms with Crippen LogP contribution in [0.25, 0.3) is 0 Å². The molecule has 4 heterocycles. The predicted octanol–water partition coefficient (Wildman–Crippen LogP) is 2.43. The van der Waals surface area contributed by atoms with Gasteiger partial charge in [0.1, 0.15) is 0 Å². The number of aromatic nitrogens is 2. The third-order valence-corrected chi connectivity index (χ3v) is 4.79. The van der Waals surface area contributed by atoms with Crippen molar-refractivity contribution in [2.75, 3.05) is 19.7 Å². The minimum Gasteiger partial charge on any atom is -0.373 e. The molecule has 24 heavy (non-hydrogen) atoms. The second-order valence-electron chi connectivity index (χ2n) is 6.78. The van der Waals surface area contributed by atoms with Crippen LogP contribution < -0.4 is 0 Å². The third kappa shape index (κ3) is 3.64. The Bertz CT molecular complexity index is 644. The van der Waals surface area contributed by atoms with Crippen molar-refractivity contribution in [1.82, 2.24) is 14.9 Å². The van der Waals surface area contributed by atoms with Gasteiger partial charge < -0.3 is 9.47 Å². The highest BCUT2D eigenvalue weighted by atomic mass is 16.5. The van der Waals surface area contributed by atoms with Crippen LogP contribution in [0.3, 0.4) is 0 Å². The monoisotopic (exact) mass is 325 g/mol. The van der Waals surface area contributed by atoms with Crippen LogP contribution in [-0.2, 0) is 22.6 Å². The van der Waals surface area contributed by atoms with Gasteiger partial charge in [-0.15, -0.1) is 0 Å². The average Bonchev–Trinajstić information content (AvgIpc) is 2.61. The average molecular weight is 325 g/mol. The molecule has 0 N–H and O–H groups in total. The van der Waals surface area contributed by atoms with Crippen molar-refractivity contribution in [3.8, 4) is 0 Å². The fourth-order valence-corrected chi connectivity index (χ4v) is 3.64. The van der Waals surface area contributed by atoms with E-state index in [0.717, 1.165) is 50.3 Å². The molecule has 2 aromatic heterocycles. The number of hydrogen-bond acceptors (Lipinski definition) is 5. The van der Waals surface area contributed by atoms with E-state index in [0.29, 0.717) is 6.61 Å². The van der Waals surface area contributed by atoms with Gasteiger partial charge in [-0.2, -0.15) is 0 Å². The number of nitrogens with zero attached hydrogens (tertiary/aromatic N) is 3. The standard InChI is InChI=1S/C19H23N3O2/c1-2-8-21-17(5-1)12-22-14-19(15-22)10-18(6-9-24-19)23-13-16-4-3-7-20-11-16/h1-5,7-8,11,18H,6,9-10,12-15H2. The third-order valence-electron chi connectivity index (χ3n) is 4.79. The lowest BCUT2D eigenvalue weighted by molar-refractivity contribution is -0.200. The second kappa shape index (κ2) is 6.97. The zero-order chi connectivity index (χ0) is 16.2. The lowest BCUT2D eigenvalue weighted by Gasteiger charge is -2.53. The van der Waals surface area contributed by atoms with Gasteiger partial charge in [-0.1, -0.05) is 12.1 Å². The van der Waals surface area contributed by atoms with Gasteiger partial charge in [0.05, 0.1) is 24.0 Å². The molecule has 1 atom stereocenters. The fourth-order valence-electron chi connectivity index (χ4n) is 3.64. The molecule has 5 heteroatoms. The summed E-state index contributed by atoms with van der Waals surface area (Å²) in [5.74, 6) is 0. The van der Waals surface area contributed by atoms with E-state index < -0.39 is 0 Å². The van der Waals surface area contributed by atoms with Crippen molar-refractivity contribution >= 4 is 0 Å². The van der Waals surface area contributed by atoms with E-state index in [-0.39, 0.29) is 11.7 Å². The van der Waals surface area contributed by atoms with E-state index in [1.54, 1.807) is 6.20 Å². The van der Waals surface area contributed by atoms with Crippen LogP contribution in [0.5, 0.6) is 0 Å². The Hall–Kier alpha value is -1.82. The first-order chi connectivity index (χ1) is 11.8. The maximum Gasteiger partial charge on any atom is 0.0959 e. The molecule has 4 rings (SSSR count). The van der Waals surface area contributed by atoms with Crippen LogP contribution in [0.2, 0.25) is 0 Å². The maximum atomic E-state index is 6.10. The van der Waals surface area contributed by atoms with E-state index in [4.69, 9.17) is 9.47 Å². The SMILES string of the molecule is c1ccc(CN2CC3(CC(OCc4cccnc4)CCO3)C2)nc1. The Kier molecular flexibility index (Phi) is 4.56. The van der Waals surface area contributed by atoms with Crippen molar-refractivity contribution in [2.45, 2.75) is 37.7 Å². The second-order valence-corrected chi connectivity index (χ2v) is 6.78. The molecule has 0 amide bonds. The summed E-state index contributed by atoms with van der Waals surface area (Å²) in [5.41, 5.74) is 2.23. The van der Waals surface area contributed by atoms with Gasteiger partial charge in [0.15, 0.2) is 0 Å². The largest absolute Gasteiger partial charge is 0.373 e. The molecule has 0 saturated carbocycles. The van der Waals surface area contributed by atoms with Crippen molar-refractivity contribution in [3.05, 3.63) is 60.2 Å². The molecule has 0 aromatic carbocycles. The summed E-state index contributed by atoms with van der Waals surface area (Å²) in [6.07, 6.45) is 7.74. The van der Waals surface area contributed by atoms with Crippen LogP contribution in [0.1, 0.15) is 24.1 Å². The quantitative estimate of drug-likeness (QED) is 0.845. The molecule has 126 valence electrons. The highest BCUT2D eigenvalue weighted by Gasteiger charge is 2.47. The number of rotatable bonds is 5. The minimum atomic E-state index is -0.0212.